The molecule has 130 valence electrons. The third-order valence-electron chi connectivity index (χ3n) is 5.25. The minimum atomic E-state index is 0.0483. The van der Waals surface area contributed by atoms with E-state index in [1.54, 1.807) is 0 Å². The lowest BCUT2D eigenvalue weighted by atomic mass is 9.92. The van der Waals surface area contributed by atoms with E-state index in [0.717, 1.165) is 19.5 Å². The van der Waals surface area contributed by atoms with Crippen LogP contribution in [-0.2, 0) is 16.0 Å². The van der Waals surface area contributed by atoms with Crippen LogP contribution in [0, 0.1) is 0 Å². The molecule has 0 aromatic heterocycles. The second kappa shape index (κ2) is 7.38. The summed E-state index contributed by atoms with van der Waals surface area (Å²) in [5.41, 5.74) is 3.88. The van der Waals surface area contributed by atoms with Crippen molar-refractivity contribution in [3.8, 4) is 0 Å². The van der Waals surface area contributed by atoms with Crippen LogP contribution >= 0.6 is 0 Å². The molecule has 2 aliphatic rings. The van der Waals surface area contributed by atoms with E-state index >= 15 is 0 Å². The Labute approximate surface area is 148 Å². The van der Waals surface area contributed by atoms with E-state index in [2.05, 4.69) is 58.7 Å². The van der Waals surface area contributed by atoms with Crippen molar-refractivity contribution in [2.75, 3.05) is 32.8 Å². The van der Waals surface area contributed by atoms with Crippen LogP contribution in [0.15, 0.2) is 54.6 Å². The van der Waals surface area contributed by atoms with Gasteiger partial charge in [0.2, 0.25) is 5.91 Å². The Morgan fingerprint density at radius 2 is 1.76 bits per heavy atom. The van der Waals surface area contributed by atoms with Gasteiger partial charge in [0.1, 0.15) is 0 Å². The highest BCUT2D eigenvalue weighted by Crippen LogP contribution is 2.42. The molecule has 1 fully saturated rings. The second-order valence-corrected chi connectivity index (χ2v) is 6.85. The topological polar surface area (TPSA) is 41.6 Å². The number of amides is 1. The normalized spacial score (nSPS) is 23.2. The molecular weight excluding hydrogens is 312 g/mol. The first-order valence-electron chi connectivity index (χ1n) is 9.03. The standard InChI is InChI=1S/C21H24N2O2/c24-20(15-23-10-12-25-13-11-23)22-21-18-9-5-4-8-17(18)14-19(21)16-6-2-1-3-7-16/h1-9,19,21H,10-15H2,(H,22,24). The molecule has 0 spiro atoms. The Balaban J connectivity index is 1.52. The Kier molecular flexibility index (Phi) is 4.81. The van der Waals surface area contributed by atoms with Crippen molar-refractivity contribution in [1.82, 2.24) is 10.2 Å². The van der Waals surface area contributed by atoms with Crippen LogP contribution in [-0.4, -0.2) is 43.7 Å². The van der Waals surface area contributed by atoms with Gasteiger partial charge in [-0.25, -0.2) is 0 Å². The van der Waals surface area contributed by atoms with Crippen LogP contribution in [0.1, 0.15) is 28.7 Å². The summed E-state index contributed by atoms with van der Waals surface area (Å²) < 4.78 is 5.36. The number of nitrogens with zero attached hydrogens (tertiary/aromatic N) is 1. The molecule has 0 saturated carbocycles. The van der Waals surface area contributed by atoms with Crippen molar-refractivity contribution in [2.24, 2.45) is 0 Å². The fourth-order valence-corrected chi connectivity index (χ4v) is 3.97. The molecule has 0 bridgehead atoms. The molecule has 1 N–H and O–H groups in total. The first-order chi connectivity index (χ1) is 12.3. The van der Waals surface area contributed by atoms with Crippen molar-refractivity contribution < 1.29 is 9.53 Å². The summed E-state index contributed by atoms with van der Waals surface area (Å²) in [6.07, 6.45) is 0.975. The number of rotatable bonds is 4. The number of carbonyl (C=O) groups excluding carboxylic acids is 1. The number of hydrogen-bond donors (Lipinski definition) is 1. The summed E-state index contributed by atoms with van der Waals surface area (Å²) in [6, 6.07) is 19.0. The fourth-order valence-electron chi connectivity index (χ4n) is 3.97. The molecule has 2 aromatic carbocycles. The van der Waals surface area contributed by atoms with E-state index in [0.29, 0.717) is 25.7 Å². The first kappa shape index (κ1) is 16.3. The molecule has 25 heavy (non-hydrogen) atoms. The third kappa shape index (κ3) is 3.60. The quantitative estimate of drug-likeness (QED) is 0.933. The van der Waals surface area contributed by atoms with Gasteiger partial charge in [-0.3, -0.25) is 9.69 Å². The van der Waals surface area contributed by atoms with E-state index < -0.39 is 0 Å². The number of ether oxygens (including phenoxy) is 1. The van der Waals surface area contributed by atoms with Gasteiger partial charge in [-0.15, -0.1) is 0 Å². The van der Waals surface area contributed by atoms with Gasteiger partial charge in [-0.2, -0.15) is 0 Å². The zero-order chi connectivity index (χ0) is 17.1. The van der Waals surface area contributed by atoms with Gasteiger partial charge in [-0.1, -0.05) is 54.6 Å². The molecule has 4 nitrogen and oxygen atoms in total. The fraction of sp³-hybridized carbons (Fsp3) is 0.381. The average Bonchev–Trinajstić information content (AvgIpc) is 3.02. The zero-order valence-corrected chi connectivity index (χ0v) is 14.4. The van der Waals surface area contributed by atoms with Crippen LogP contribution in [0.3, 0.4) is 0 Å². The smallest absolute Gasteiger partial charge is 0.234 e. The number of nitrogens with one attached hydrogen (secondary N) is 1. The largest absolute Gasteiger partial charge is 0.379 e. The van der Waals surface area contributed by atoms with Crippen molar-refractivity contribution in [1.29, 1.82) is 0 Å². The molecule has 1 aliphatic heterocycles. The minimum absolute atomic E-state index is 0.0483. The van der Waals surface area contributed by atoms with Crippen molar-refractivity contribution in [2.45, 2.75) is 18.4 Å². The van der Waals surface area contributed by atoms with Crippen LogP contribution in [0.5, 0.6) is 0 Å². The van der Waals surface area contributed by atoms with E-state index in [9.17, 15) is 4.79 Å². The molecule has 1 amide bonds. The Morgan fingerprint density at radius 3 is 2.56 bits per heavy atom. The third-order valence-corrected chi connectivity index (χ3v) is 5.25. The number of morpholine rings is 1. The highest BCUT2D eigenvalue weighted by atomic mass is 16.5. The van der Waals surface area contributed by atoms with Gasteiger partial charge >= 0.3 is 0 Å². The molecule has 4 rings (SSSR count). The van der Waals surface area contributed by atoms with Gasteiger partial charge in [0.05, 0.1) is 25.8 Å². The molecule has 0 radical (unpaired) electrons. The highest BCUT2D eigenvalue weighted by Gasteiger charge is 2.34. The van der Waals surface area contributed by atoms with Crippen molar-refractivity contribution in [3.63, 3.8) is 0 Å². The predicted molar refractivity (Wildman–Crippen MR) is 97.5 cm³/mol. The molecule has 2 unspecified atom stereocenters. The lowest BCUT2D eigenvalue weighted by molar-refractivity contribution is -0.124. The zero-order valence-electron chi connectivity index (χ0n) is 14.4. The Hall–Kier alpha value is -2.17. The highest BCUT2D eigenvalue weighted by molar-refractivity contribution is 5.79. The summed E-state index contributed by atoms with van der Waals surface area (Å²) in [5, 5.41) is 3.31. The number of hydrogen-bond acceptors (Lipinski definition) is 3. The maximum Gasteiger partial charge on any atom is 0.234 e. The molecule has 2 atom stereocenters. The lowest BCUT2D eigenvalue weighted by Crippen LogP contribution is -2.44. The SMILES string of the molecule is O=C(CN1CCOCC1)NC1c2ccccc2CC1c1ccccc1. The molecule has 2 aromatic rings. The van der Waals surface area contributed by atoms with E-state index in [4.69, 9.17) is 4.74 Å². The summed E-state index contributed by atoms with van der Waals surface area (Å²) in [6.45, 7) is 3.54. The van der Waals surface area contributed by atoms with Gasteiger partial charge < -0.3 is 10.1 Å². The minimum Gasteiger partial charge on any atom is -0.379 e. The molecular formula is C21H24N2O2. The van der Waals surface area contributed by atoms with Crippen molar-refractivity contribution in [3.05, 3.63) is 71.3 Å². The van der Waals surface area contributed by atoms with Crippen LogP contribution < -0.4 is 5.32 Å². The summed E-state index contributed by atoms with van der Waals surface area (Å²) >= 11 is 0. The first-order valence-corrected chi connectivity index (χ1v) is 9.03. The van der Waals surface area contributed by atoms with Crippen LogP contribution in [0.4, 0.5) is 0 Å². The lowest BCUT2D eigenvalue weighted by Gasteiger charge is -2.28. The van der Waals surface area contributed by atoms with Gasteiger partial charge in [0.15, 0.2) is 0 Å². The molecule has 1 aliphatic carbocycles. The van der Waals surface area contributed by atoms with Gasteiger partial charge in [0.25, 0.3) is 0 Å². The number of fused-ring (bicyclic) bond motifs is 1. The average molecular weight is 336 g/mol. The van der Waals surface area contributed by atoms with E-state index in [1.165, 1.54) is 16.7 Å². The molecule has 1 heterocycles. The van der Waals surface area contributed by atoms with Crippen LogP contribution in [0.25, 0.3) is 0 Å². The predicted octanol–water partition coefficient (Wildman–Crippen LogP) is 2.52. The molecule has 1 saturated heterocycles. The second-order valence-electron chi connectivity index (χ2n) is 6.85. The maximum atomic E-state index is 12.7. The summed E-state index contributed by atoms with van der Waals surface area (Å²) in [7, 11) is 0. The monoisotopic (exact) mass is 336 g/mol. The van der Waals surface area contributed by atoms with Crippen molar-refractivity contribution >= 4 is 5.91 Å². The summed E-state index contributed by atoms with van der Waals surface area (Å²) in [5.74, 6) is 0.400. The Morgan fingerprint density at radius 1 is 1.04 bits per heavy atom. The van der Waals surface area contributed by atoms with E-state index in [1.807, 2.05) is 6.07 Å². The Bertz CT molecular complexity index is 726. The number of carbonyl (C=O) groups is 1. The van der Waals surface area contributed by atoms with E-state index in [-0.39, 0.29) is 11.9 Å². The molecule has 4 heteroatoms. The van der Waals surface area contributed by atoms with Gasteiger partial charge in [0, 0.05) is 19.0 Å². The maximum absolute atomic E-state index is 12.7. The summed E-state index contributed by atoms with van der Waals surface area (Å²) in [4.78, 5) is 14.8. The van der Waals surface area contributed by atoms with Gasteiger partial charge in [-0.05, 0) is 23.1 Å². The van der Waals surface area contributed by atoms with Crippen LogP contribution in [0.2, 0.25) is 0 Å². The number of benzene rings is 2.